The number of aromatic nitrogens is 1. The zero-order chi connectivity index (χ0) is 37.9. The number of hydrogen-bond donors (Lipinski definition) is 3. The van der Waals surface area contributed by atoms with Gasteiger partial charge in [-0.3, -0.25) is 14.4 Å². The number of methoxy groups -OCH3 is 1. The average Bonchev–Trinajstić information content (AvgIpc) is 3.46. The minimum atomic E-state index is -4.57. The Morgan fingerprint density at radius 3 is 2.65 bits per heavy atom. The van der Waals surface area contributed by atoms with Crippen molar-refractivity contribution in [1.82, 2.24) is 20.7 Å². The number of benzene rings is 3. The van der Waals surface area contributed by atoms with Crippen LogP contribution in [0.25, 0.3) is 10.2 Å². The van der Waals surface area contributed by atoms with E-state index in [1.54, 1.807) is 37.4 Å². The average molecular weight is 764 g/mol. The maximum atomic E-state index is 14.5. The van der Waals surface area contributed by atoms with E-state index in [4.69, 9.17) is 14.3 Å². The zero-order valence-corrected chi connectivity index (χ0v) is 30.3. The van der Waals surface area contributed by atoms with Crippen molar-refractivity contribution in [2.75, 3.05) is 19.0 Å². The van der Waals surface area contributed by atoms with E-state index in [0.29, 0.717) is 47.9 Å². The van der Waals surface area contributed by atoms with Crippen LogP contribution in [-0.2, 0) is 20.6 Å². The van der Waals surface area contributed by atoms with E-state index >= 15 is 0 Å². The fourth-order valence-electron chi connectivity index (χ4n) is 7.04. The van der Waals surface area contributed by atoms with Gasteiger partial charge in [-0.2, -0.15) is 18.7 Å². The van der Waals surface area contributed by atoms with Gasteiger partial charge in [0.15, 0.2) is 5.75 Å². The summed E-state index contributed by atoms with van der Waals surface area (Å²) in [7, 11) is 1.57. The molecule has 1 aromatic heterocycles. The van der Waals surface area contributed by atoms with Crippen LogP contribution in [0.1, 0.15) is 50.5 Å². The summed E-state index contributed by atoms with van der Waals surface area (Å²) >= 11 is 1.30. The van der Waals surface area contributed by atoms with E-state index in [-0.39, 0.29) is 24.6 Å². The molecule has 11 nitrogen and oxygen atoms in total. The number of fused-ring (bicyclic) bond motifs is 3. The van der Waals surface area contributed by atoms with Gasteiger partial charge < -0.3 is 29.8 Å². The van der Waals surface area contributed by atoms with E-state index in [2.05, 4.69) is 21.1 Å². The standard InChI is InChI=1S/C39H40F3N5O6S/c1-51-28-17-18-30-33(21-28)54-37(44-30)52-29-20-32-34(48)45-38(36(50)46-53-27-14-7-5-8-15-27)22-25(38)11-6-3-2-4-9-16-31(35(49)47(32)23-29)43-26-13-10-12-24(19-26)39(40,41)42/h5-8,10-15,17-19,21,25,29,31-32,43H,2-4,9,16,20,22-23H2,1H3,(H,45,48)(H,46,50)/b11-6-/t25-,29-,31+,32+,38-/m1/s1. The van der Waals surface area contributed by atoms with Gasteiger partial charge in [0.1, 0.15) is 29.5 Å². The highest BCUT2D eigenvalue weighted by Gasteiger charge is 2.61. The van der Waals surface area contributed by atoms with Crippen molar-refractivity contribution in [1.29, 1.82) is 0 Å². The predicted molar refractivity (Wildman–Crippen MR) is 196 cm³/mol. The van der Waals surface area contributed by atoms with Crippen LogP contribution in [0, 0.1) is 5.92 Å². The topological polar surface area (TPSA) is 131 Å². The molecule has 0 radical (unpaired) electrons. The molecule has 1 saturated heterocycles. The third-order valence-electron chi connectivity index (χ3n) is 10.0. The van der Waals surface area contributed by atoms with E-state index in [9.17, 15) is 27.6 Å². The molecular formula is C39H40F3N5O6S. The highest BCUT2D eigenvalue weighted by atomic mass is 32.1. The Bertz CT molecular complexity index is 2030. The number of carbonyl (C=O) groups excluding carboxylic acids is 3. The molecule has 0 spiro atoms. The van der Waals surface area contributed by atoms with Gasteiger partial charge in [-0.15, -0.1) is 0 Å². The summed E-state index contributed by atoms with van der Waals surface area (Å²) in [4.78, 5) is 54.2. The molecule has 15 heteroatoms. The minimum Gasteiger partial charge on any atom is -0.497 e. The summed E-state index contributed by atoms with van der Waals surface area (Å²) in [6, 6.07) is 16.9. The van der Waals surface area contributed by atoms with Crippen LogP contribution >= 0.6 is 11.3 Å². The van der Waals surface area contributed by atoms with Gasteiger partial charge in [0.2, 0.25) is 11.8 Å². The number of rotatable bonds is 8. The third kappa shape index (κ3) is 8.25. The van der Waals surface area contributed by atoms with E-state index in [0.717, 1.165) is 29.7 Å². The number of allylic oxidation sites excluding steroid dienone is 1. The van der Waals surface area contributed by atoms with Crippen LogP contribution in [-0.4, -0.2) is 65.0 Å². The van der Waals surface area contributed by atoms with Gasteiger partial charge in [-0.1, -0.05) is 60.6 Å². The first-order valence-corrected chi connectivity index (χ1v) is 18.7. The Morgan fingerprint density at radius 2 is 1.85 bits per heavy atom. The summed E-state index contributed by atoms with van der Waals surface area (Å²) in [5, 5.41) is 6.36. The Morgan fingerprint density at radius 1 is 1.02 bits per heavy atom. The maximum absolute atomic E-state index is 14.5. The first kappa shape index (κ1) is 37.0. The molecule has 7 rings (SSSR count). The molecule has 2 fully saturated rings. The van der Waals surface area contributed by atoms with Gasteiger partial charge in [0.25, 0.3) is 11.1 Å². The Labute approximate surface area is 313 Å². The number of carbonyl (C=O) groups is 3. The monoisotopic (exact) mass is 763 g/mol. The molecule has 3 N–H and O–H groups in total. The number of amides is 3. The first-order chi connectivity index (χ1) is 26.0. The minimum absolute atomic E-state index is 0.0105. The second kappa shape index (κ2) is 15.6. The van der Waals surface area contributed by atoms with Crippen molar-refractivity contribution in [2.45, 2.75) is 74.8 Å². The molecule has 284 valence electrons. The number of ether oxygens (including phenoxy) is 2. The third-order valence-corrected chi connectivity index (χ3v) is 10.9. The van der Waals surface area contributed by atoms with Crippen molar-refractivity contribution in [3.63, 3.8) is 0 Å². The van der Waals surface area contributed by atoms with Crippen LogP contribution in [0.5, 0.6) is 16.7 Å². The van der Waals surface area contributed by atoms with Crippen molar-refractivity contribution >= 4 is 45.0 Å². The molecule has 5 atom stereocenters. The molecule has 3 amide bonds. The molecule has 1 aliphatic carbocycles. The number of nitrogens with one attached hydrogen (secondary N) is 3. The second-order valence-corrected chi connectivity index (χ2v) is 14.7. The Kier molecular flexibility index (Phi) is 10.7. The molecule has 54 heavy (non-hydrogen) atoms. The van der Waals surface area contributed by atoms with Crippen LogP contribution < -0.4 is 30.4 Å². The highest BCUT2D eigenvalue weighted by Crippen LogP contribution is 2.46. The van der Waals surface area contributed by atoms with Crippen molar-refractivity contribution in [3.05, 3.63) is 90.5 Å². The molecule has 3 heterocycles. The van der Waals surface area contributed by atoms with Crippen LogP contribution in [0.15, 0.2) is 84.9 Å². The summed E-state index contributed by atoms with van der Waals surface area (Å²) < 4.78 is 53.3. The number of alkyl halides is 3. The predicted octanol–water partition coefficient (Wildman–Crippen LogP) is 6.66. The van der Waals surface area contributed by atoms with Gasteiger partial charge in [0, 0.05) is 18.0 Å². The number of hydroxylamine groups is 1. The van der Waals surface area contributed by atoms with Crippen LogP contribution in [0.2, 0.25) is 0 Å². The summed E-state index contributed by atoms with van der Waals surface area (Å²) in [6.45, 7) is 0.0105. The lowest BCUT2D eigenvalue weighted by Gasteiger charge is -2.30. The molecule has 3 aromatic carbocycles. The van der Waals surface area contributed by atoms with Gasteiger partial charge in [-0.05, 0) is 74.2 Å². The highest BCUT2D eigenvalue weighted by molar-refractivity contribution is 7.20. The number of hydrogen-bond acceptors (Lipinski definition) is 9. The molecular weight excluding hydrogens is 724 g/mol. The molecule has 4 aromatic rings. The number of anilines is 1. The fraction of sp³-hybridized carbons (Fsp3) is 0.385. The molecule has 1 saturated carbocycles. The number of nitrogens with zero attached hydrogens (tertiary/aromatic N) is 2. The maximum Gasteiger partial charge on any atom is 0.416 e. The van der Waals surface area contributed by atoms with E-state index in [1.807, 2.05) is 30.4 Å². The van der Waals surface area contributed by atoms with E-state index in [1.165, 1.54) is 28.4 Å². The van der Waals surface area contributed by atoms with Crippen LogP contribution in [0.3, 0.4) is 0 Å². The molecule has 3 aliphatic rings. The SMILES string of the molecule is COc1ccc2nc(O[C@@H]3C[C@H]4C(=O)N[C@]5(C(=O)NOc6ccccc6)C[C@H]5/C=C\CCCCC[C@H](Nc5cccc(C(F)(F)F)c5)C(=O)N4C3)sc2c1. The largest absolute Gasteiger partial charge is 0.497 e. The lowest BCUT2D eigenvalue weighted by atomic mass is 10.0. The number of thiazole rings is 1. The van der Waals surface area contributed by atoms with Gasteiger partial charge >= 0.3 is 6.18 Å². The van der Waals surface area contributed by atoms with Crippen LogP contribution in [0.4, 0.5) is 18.9 Å². The summed E-state index contributed by atoms with van der Waals surface area (Å²) in [5.74, 6) is -0.777. The number of halogens is 3. The zero-order valence-electron chi connectivity index (χ0n) is 29.4. The normalized spacial score (nSPS) is 25.3. The Hall–Kier alpha value is -5.31. The first-order valence-electron chi connectivity index (χ1n) is 17.9. The lowest BCUT2D eigenvalue weighted by Crippen LogP contribution is -2.57. The smallest absolute Gasteiger partial charge is 0.416 e. The molecule has 0 unspecified atom stereocenters. The van der Waals surface area contributed by atoms with E-state index < -0.39 is 53.2 Å². The second-order valence-electron chi connectivity index (χ2n) is 13.8. The summed E-state index contributed by atoms with van der Waals surface area (Å²) in [6.07, 6.45) is 2.33. The lowest BCUT2D eigenvalue weighted by molar-refractivity contribution is -0.141. The van der Waals surface area contributed by atoms with Crippen molar-refractivity contribution < 1.29 is 41.9 Å². The molecule has 0 bridgehead atoms. The number of para-hydroxylation sites is 1. The van der Waals surface area contributed by atoms with Crippen molar-refractivity contribution in [2.24, 2.45) is 5.92 Å². The Balaban J connectivity index is 1.17. The van der Waals surface area contributed by atoms with Gasteiger partial charge in [0.05, 0.1) is 29.4 Å². The van der Waals surface area contributed by atoms with Crippen molar-refractivity contribution in [3.8, 4) is 16.7 Å². The molecule has 2 aliphatic heterocycles. The quantitative estimate of drug-likeness (QED) is 0.134. The fourth-order valence-corrected chi connectivity index (χ4v) is 7.95. The summed E-state index contributed by atoms with van der Waals surface area (Å²) in [5.41, 5.74) is 1.16. The van der Waals surface area contributed by atoms with Gasteiger partial charge in [-0.25, -0.2) is 4.98 Å².